The van der Waals surface area contributed by atoms with Crippen LogP contribution in [0.1, 0.15) is 14.9 Å². The summed E-state index contributed by atoms with van der Waals surface area (Å²) in [5.41, 5.74) is 0. The summed E-state index contributed by atoms with van der Waals surface area (Å²) in [5, 5.41) is 0. The minimum Gasteiger partial charge on any atom is -0.0776 e. The second-order valence-electron chi connectivity index (χ2n) is 3.00. The van der Waals surface area contributed by atoms with Crippen molar-refractivity contribution in [2.24, 2.45) is 0 Å². The van der Waals surface area contributed by atoms with Crippen molar-refractivity contribution >= 4 is 45.3 Å². The van der Waals surface area contributed by atoms with Crippen LogP contribution < -0.4 is 0 Å². The van der Waals surface area contributed by atoms with Gasteiger partial charge in [-0.3, -0.25) is 0 Å². The van der Waals surface area contributed by atoms with Crippen molar-refractivity contribution in [3.8, 4) is 0 Å². The van der Waals surface area contributed by atoms with Crippen molar-refractivity contribution < 1.29 is 0 Å². The van der Waals surface area contributed by atoms with Crippen LogP contribution in [-0.4, -0.2) is 8.07 Å². The molecule has 0 saturated carbocycles. The SMILES string of the molecule is C.C.C[Si](C)(C)C.II. The van der Waals surface area contributed by atoms with Gasteiger partial charge in [-0.25, -0.2) is 0 Å². The molecule has 3 heteroatoms. The highest BCUT2D eigenvalue weighted by molar-refractivity contribution is 15.0. The average Bonchev–Trinajstić information content (AvgIpc) is 1.36. The van der Waals surface area contributed by atoms with Gasteiger partial charge in [0.2, 0.25) is 0 Å². The molecule has 0 heterocycles. The summed E-state index contributed by atoms with van der Waals surface area (Å²) >= 11 is 4.24. The summed E-state index contributed by atoms with van der Waals surface area (Å²) in [4.78, 5) is 0. The van der Waals surface area contributed by atoms with E-state index in [4.69, 9.17) is 0 Å². The van der Waals surface area contributed by atoms with Gasteiger partial charge in [0.25, 0.3) is 0 Å². The van der Waals surface area contributed by atoms with Gasteiger partial charge in [0.05, 0.1) is 0 Å². The number of halogens is 2. The maximum absolute atomic E-state index is 2.33. The van der Waals surface area contributed by atoms with Crippen LogP contribution >= 0.6 is 37.2 Å². The van der Waals surface area contributed by atoms with Crippen LogP contribution in [-0.2, 0) is 0 Å². The predicted octanol–water partition coefficient (Wildman–Crippen LogP) is 5.00. The van der Waals surface area contributed by atoms with E-state index in [1.807, 2.05) is 0 Å². The number of hydrogen-bond acceptors (Lipinski definition) is 0. The fourth-order valence-electron chi connectivity index (χ4n) is 0. The third-order valence-electron chi connectivity index (χ3n) is 0. The van der Waals surface area contributed by atoms with E-state index in [9.17, 15) is 0 Å². The molecule has 0 saturated heterocycles. The average molecular weight is 374 g/mol. The molecule has 0 aromatic heterocycles. The van der Waals surface area contributed by atoms with E-state index < -0.39 is 8.07 Å². The lowest BCUT2D eigenvalue weighted by Gasteiger charge is -2.01. The second-order valence-corrected chi connectivity index (χ2v) is 9.00. The Hall–Kier alpha value is 1.68. The molecule has 0 rings (SSSR count). The third kappa shape index (κ3) is 203. The largest absolute Gasteiger partial charge is 0.0776 e. The van der Waals surface area contributed by atoms with Crippen LogP contribution in [0.2, 0.25) is 26.2 Å². The van der Waals surface area contributed by atoms with Gasteiger partial charge in [0, 0.05) is 45.3 Å². The van der Waals surface area contributed by atoms with Gasteiger partial charge in [-0.2, -0.15) is 0 Å². The molecule has 0 fully saturated rings. The molecule has 0 aromatic rings. The van der Waals surface area contributed by atoms with E-state index in [2.05, 4.69) is 63.4 Å². The molecule has 0 bridgehead atoms. The Morgan fingerprint density at radius 1 is 0.778 bits per heavy atom. The van der Waals surface area contributed by atoms with Crippen LogP contribution in [0, 0.1) is 0 Å². The second kappa shape index (κ2) is 12.4. The van der Waals surface area contributed by atoms with Crippen molar-refractivity contribution in [2.45, 2.75) is 41.0 Å². The monoisotopic (exact) mass is 374 g/mol. The summed E-state index contributed by atoms with van der Waals surface area (Å²) in [7, 11) is -0.611. The lowest BCUT2D eigenvalue weighted by atomic mass is 11.8. The van der Waals surface area contributed by atoms with Crippen LogP contribution in [0.4, 0.5) is 0 Å². The molecule has 0 aliphatic rings. The van der Waals surface area contributed by atoms with Gasteiger partial charge in [-0.15, -0.1) is 0 Å². The normalized spacial score (nSPS) is 7.33. The van der Waals surface area contributed by atoms with Crippen LogP contribution in [0.15, 0.2) is 0 Å². The van der Waals surface area contributed by atoms with E-state index in [-0.39, 0.29) is 14.9 Å². The van der Waals surface area contributed by atoms with Crippen molar-refractivity contribution in [3.63, 3.8) is 0 Å². The highest BCUT2D eigenvalue weighted by atomic mass is 128. The number of hydrogen-bond donors (Lipinski definition) is 0. The smallest absolute Gasteiger partial charge is 0.0411 e. The summed E-state index contributed by atoms with van der Waals surface area (Å²) in [5.74, 6) is 0. The maximum Gasteiger partial charge on any atom is 0.0411 e. The minimum absolute atomic E-state index is 0. The Balaban J connectivity index is -0.0000000286. The van der Waals surface area contributed by atoms with Gasteiger partial charge in [-0.05, 0) is 0 Å². The topological polar surface area (TPSA) is 0 Å². The Labute approximate surface area is 85.5 Å². The van der Waals surface area contributed by atoms with E-state index in [1.54, 1.807) is 0 Å². The van der Waals surface area contributed by atoms with Gasteiger partial charge in [0.1, 0.15) is 0 Å². The zero-order valence-electron chi connectivity index (χ0n) is 5.26. The van der Waals surface area contributed by atoms with E-state index in [0.717, 1.165) is 0 Å². The first-order valence-electron chi connectivity index (χ1n) is 2.14. The summed E-state index contributed by atoms with van der Waals surface area (Å²) < 4.78 is 0. The van der Waals surface area contributed by atoms with Crippen LogP contribution in [0.25, 0.3) is 0 Å². The molecule has 0 aliphatic heterocycles. The van der Waals surface area contributed by atoms with E-state index in [0.29, 0.717) is 0 Å². The van der Waals surface area contributed by atoms with E-state index in [1.165, 1.54) is 0 Å². The summed E-state index contributed by atoms with van der Waals surface area (Å²) in [6, 6.07) is 0. The predicted molar refractivity (Wildman–Crippen MR) is 70.7 cm³/mol. The lowest BCUT2D eigenvalue weighted by molar-refractivity contribution is 1.71. The molecular weight excluding hydrogens is 354 g/mol. The Kier molecular flexibility index (Phi) is 30.8. The zero-order valence-corrected chi connectivity index (χ0v) is 10.6. The van der Waals surface area contributed by atoms with E-state index >= 15 is 0 Å². The highest BCUT2D eigenvalue weighted by Gasteiger charge is 1.99. The Bertz CT molecular complexity index is 26.5. The first-order chi connectivity index (χ1) is 3.00. The standard InChI is InChI=1S/C4H12Si.2CH4.I2/c1-5(2,3)4;;;1-2/h1-4H3;2*1H4;. The molecule has 0 radical (unpaired) electrons. The molecule has 0 atom stereocenters. The first-order valence-corrected chi connectivity index (χ1v) is 12.4. The number of rotatable bonds is 0. The molecule has 0 amide bonds. The quantitative estimate of drug-likeness (QED) is 0.414. The molecule has 0 aromatic carbocycles. The summed E-state index contributed by atoms with van der Waals surface area (Å²) in [6.07, 6.45) is 0. The fraction of sp³-hybridized carbons (Fsp3) is 1.00. The van der Waals surface area contributed by atoms with Crippen LogP contribution in [0.5, 0.6) is 0 Å². The lowest BCUT2D eigenvalue weighted by Crippen LogP contribution is -2.10. The summed E-state index contributed by atoms with van der Waals surface area (Å²) in [6.45, 7) is 9.31. The molecule has 9 heavy (non-hydrogen) atoms. The van der Waals surface area contributed by atoms with Gasteiger partial charge in [0.15, 0.2) is 0 Å². The molecule has 0 aliphatic carbocycles. The molecule has 0 nitrogen and oxygen atoms in total. The molecule has 0 N–H and O–H groups in total. The zero-order chi connectivity index (χ0) is 6.50. The maximum atomic E-state index is 2.33. The Morgan fingerprint density at radius 3 is 0.778 bits per heavy atom. The van der Waals surface area contributed by atoms with Gasteiger partial charge >= 0.3 is 0 Å². The van der Waals surface area contributed by atoms with Crippen molar-refractivity contribution in [1.29, 1.82) is 0 Å². The molecule has 0 unspecified atom stereocenters. The first kappa shape index (κ1) is 22.4. The molecule has 0 spiro atoms. The molecular formula is C6H20I2Si. The minimum atomic E-state index is -0.611. The Morgan fingerprint density at radius 2 is 0.778 bits per heavy atom. The third-order valence-corrected chi connectivity index (χ3v) is 0. The van der Waals surface area contributed by atoms with Crippen LogP contribution in [0.3, 0.4) is 0 Å². The van der Waals surface area contributed by atoms with Crippen molar-refractivity contribution in [3.05, 3.63) is 0 Å². The molecule has 62 valence electrons. The van der Waals surface area contributed by atoms with Gasteiger partial charge in [-0.1, -0.05) is 41.0 Å². The highest BCUT2D eigenvalue weighted by Crippen LogP contribution is 1.94. The van der Waals surface area contributed by atoms with Crippen molar-refractivity contribution in [1.82, 2.24) is 0 Å². The fourth-order valence-corrected chi connectivity index (χ4v) is 0. The van der Waals surface area contributed by atoms with Gasteiger partial charge < -0.3 is 0 Å². The van der Waals surface area contributed by atoms with Crippen molar-refractivity contribution in [2.75, 3.05) is 0 Å².